The van der Waals surface area contributed by atoms with E-state index in [1.807, 2.05) is 0 Å². The third kappa shape index (κ3) is 5.26. The lowest BCUT2D eigenvalue weighted by atomic mass is 10.2. The molecule has 0 spiro atoms. The lowest BCUT2D eigenvalue weighted by Crippen LogP contribution is -2.29. The summed E-state index contributed by atoms with van der Waals surface area (Å²) < 4.78 is 18.2. The summed E-state index contributed by atoms with van der Waals surface area (Å²) in [5, 5.41) is 13.7. The van der Waals surface area contributed by atoms with E-state index >= 15 is 0 Å². The molecule has 28 heavy (non-hydrogen) atoms. The van der Waals surface area contributed by atoms with Gasteiger partial charge in [0, 0.05) is 37.7 Å². The van der Waals surface area contributed by atoms with Crippen molar-refractivity contribution in [1.82, 2.24) is 4.90 Å². The number of carbonyl (C=O) groups is 1. The maximum absolute atomic E-state index is 13.1. The summed E-state index contributed by atoms with van der Waals surface area (Å²) in [4.78, 5) is 25.0. The molecule has 8 heteroatoms. The highest BCUT2D eigenvalue weighted by Gasteiger charge is 2.29. The second kappa shape index (κ2) is 8.79. The number of anilines is 1. The molecule has 2 aromatic carbocycles. The number of methoxy groups -OCH3 is 1. The summed E-state index contributed by atoms with van der Waals surface area (Å²) in [6.07, 6.45) is 2.41. The van der Waals surface area contributed by atoms with E-state index in [1.54, 1.807) is 12.1 Å². The third-order valence-corrected chi connectivity index (χ3v) is 4.66. The molecular formula is C20H22FN3O4. The average Bonchev–Trinajstić information content (AvgIpc) is 3.51. The first-order chi connectivity index (χ1) is 13.5. The van der Waals surface area contributed by atoms with Crippen LogP contribution >= 0.6 is 0 Å². The van der Waals surface area contributed by atoms with Crippen molar-refractivity contribution in [2.24, 2.45) is 0 Å². The predicted molar refractivity (Wildman–Crippen MR) is 103 cm³/mol. The van der Waals surface area contributed by atoms with Crippen LogP contribution in [0.15, 0.2) is 42.5 Å². The second-order valence-corrected chi connectivity index (χ2v) is 6.77. The van der Waals surface area contributed by atoms with Crippen molar-refractivity contribution in [3.05, 3.63) is 64.0 Å². The van der Waals surface area contributed by atoms with Crippen LogP contribution in [0.2, 0.25) is 0 Å². The van der Waals surface area contributed by atoms with Crippen LogP contribution in [0.4, 0.5) is 15.8 Å². The van der Waals surface area contributed by atoms with Crippen molar-refractivity contribution in [1.29, 1.82) is 0 Å². The van der Waals surface area contributed by atoms with Crippen LogP contribution in [0.3, 0.4) is 0 Å². The highest BCUT2D eigenvalue weighted by Crippen LogP contribution is 2.30. The zero-order valence-electron chi connectivity index (χ0n) is 15.6. The fraction of sp³-hybridized carbons (Fsp3) is 0.350. The van der Waals surface area contributed by atoms with Gasteiger partial charge in [-0.15, -0.1) is 0 Å². The summed E-state index contributed by atoms with van der Waals surface area (Å²) in [5.74, 6) is -0.153. The SMILES string of the molecule is COc1ccc([N+](=O)[O-])cc1NC(=O)CCN(Cc1ccc(F)cc1)C1CC1. The molecule has 148 valence electrons. The monoisotopic (exact) mass is 387 g/mol. The van der Waals surface area contributed by atoms with Crippen LogP contribution in [-0.4, -0.2) is 35.4 Å². The second-order valence-electron chi connectivity index (χ2n) is 6.77. The number of nitro groups is 1. The van der Waals surface area contributed by atoms with Crippen molar-refractivity contribution < 1.29 is 18.8 Å². The standard InChI is InChI=1S/C20H22FN3O4/c1-28-19-9-8-17(24(26)27)12-18(19)22-20(25)10-11-23(16-6-7-16)13-14-2-4-15(21)5-3-14/h2-5,8-9,12,16H,6-7,10-11,13H2,1H3,(H,22,25). The van der Waals surface area contributed by atoms with Crippen LogP contribution in [0, 0.1) is 15.9 Å². The van der Waals surface area contributed by atoms with Crippen LogP contribution < -0.4 is 10.1 Å². The molecule has 1 N–H and O–H groups in total. The summed E-state index contributed by atoms with van der Waals surface area (Å²) in [6.45, 7) is 1.20. The average molecular weight is 387 g/mol. The predicted octanol–water partition coefficient (Wildman–Crippen LogP) is 3.74. The number of nitrogens with zero attached hydrogens (tertiary/aromatic N) is 2. The summed E-state index contributed by atoms with van der Waals surface area (Å²) in [6, 6.07) is 10.9. The first kappa shape index (κ1) is 19.8. The number of nitro benzene ring substituents is 1. The van der Waals surface area contributed by atoms with Gasteiger partial charge in [0.1, 0.15) is 11.6 Å². The molecule has 1 amide bonds. The number of ether oxygens (including phenoxy) is 1. The Hall–Kier alpha value is -3.00. The van der Waals surface area contributed by atoms with Gasteiger partial charge in [0.15, 0.2) is 0 Å². The van der Waals surface area contributed by atoms with E-state index in [9.17, 15) is 19.3 Å². The molecule has 0 radical (unpaired) electrons. The van der Waals surface area contributed by atoms with E-state index in [0.29, 0.717) is 24.9 Å². The molecule has 0 atom stereocenters. The number of rotatable bonds is 9. The van der Waals surface area contributed by atoms with Gasteiger partial charge in [0.05, 0.1) is 17.7 Å². The van der Waals surface area contributed by atoms with E-state index in [0.717, 1.165) is 18.4 Å². The van der Waals surface area contributed by atoms with Crippen molar-refractivity contribution in [2.75, 3.05) is 19.0 Å². The Labute approximate surface area is 162 Å². The van der Waals surface area contributed by atoms with E-state index < -0.39 is 4.92 Å². The molecule has 0 bridgehead atoms. The lowest BCUT2D eigenvalue weighted by Gasteiger charge is -2.22. The molecule has 0 aromatic heterocycles. The number of nitrogens with one attached hydrogen (secondary N) is 1. The molecule has 1 saturated carbocycles. The van der Waals surface area contributed by atoms with Gasteiger partial charge >= 0.3 is 0 Å². The maximum Gasteiger partial charge on any atom is 0.271 e. The Kier molecular flexibility index (Phi) is 6.20. The molecule has 1 aliphatic rings. The van der Waals surface area contributed by atoms with Gasteiger partial charge in [-0.3, -0.25) is 19.8 Å². The third-order valence-electron chi connectivity index (χ3n) is 4.66. The molecular weight excluding hydrogens is 365 g/mol. The van der Waals surface area contributed by atoms with Crippen molar-refractivity contribution >= 4 is 17.3 Å². The van der Waals surface area contributed by atoms with Gasteiger partial charge in [-0.2, -0.15) is 0 Å². The van der Waals surface area contributed by atoms with Crippen LogP contribution in [0.1, 0.15) is 24.8 Å². The topological polar surface area (TPSA) is 84.7 Å². The molecule has 0 saturated heterocycles. The van der Waals surface area contributed by atoms with Gasteiger partial charge in [-0.05, 0) is 36.6 Å². The lowest BCUT2D eigenvalue weighted by molar-refractivity contribution is -0.384. The molecule has 0 aliphatic heterocycles. The van der Waals surface area contributed by atoms with Crippen molar-refractivity contribution in [3.8, 4) is 5.75 Å². The van der Waals surface area contributed by atoms with E-state index in [1.165, 1.54) is 37.4 Å². The first-order valence-electron chi connectivity index (χ1n) is 9.07. The van der Waals surface area contributed by atoms with Crippen LogP contribution in [-0.2, 0) is 11.3 Å². The largest absolute Gasteiger partial charge is 0.495 e. The van der Waals surface area contributed by atoms with E-state index in [2.05, 4.69) is 10.2 Å². The van der Waals surface area contributed by atoms with Gasteiger partial charge in [-0.1, -0.05) is 12.1 Å². The zero-order valence-corrected chi connectivity index (χ0v) is 15.6. The molecule has 3 rings (SSSR count). The number of non-ortho nitro benzene ring substituents is 1. The number of amides is 1. The normalized spacial score (nSPS) is 13.4. The molecule has 0 unspecified atom stereocenters. The summed E-state index contributed by atoms with van der Waals surface area (Å²) >= 11 is 0. The Balaban J connectivity index is 1.60. The minimum atomic E-state index is -0.521. The molecule has 1 aliphatic carbocycles. The Morgan fingerprint density at radius 3 is 2.61 bits per heavy atom. The Morgan fingerprint density at radius 2 is 2.00 bits per heavy atom. The number of hydrogen-bond donors (Lipinski definition) is 1. The number of benzene rings is 2. The van der Waals surface area contributed by atoms with E-state index in [-0.39, 0.29) is 29.5 Å². The highest BCUT2D eigenvalue weighted by atomic mass is 19.1. The number of hydrogen-bond acceptors (Lipinski definition) is 5. The molecule has 2 aromatic rings. The van der Waals surface area contributed by atoms with Gasteiger partial charge in [0.25, 0.3) is 5.69 Å². The van der Waals surface area contributed by atoms with Crippen molar-refractivity contribution in [2.45, 2.75) is 31.8 Å². The minimum Gasteiger partial charge on any atom is -0.495 e. The Morgan fingerprint density at radius 1 is 1.29 bits per heavy atom. The number of carbonyl (C=O) groups excluding carboxylic acids is 1. The highest BCUT2D eigenvalue weighted by molar-refractivity contribution is 5.92. The summed E-state index contributed by atoms with van der Waals surface area (Å²) in [5.41, 5.74) is 1.15. The molecule has 7 nitrogen and oxygen atoms in total. The smallest absolute Gasteiger partial charge is 0.271 e. The first-order valence-corrected chi connectivity index (χ1v) is 9.07. The number of halogens is 1. The van der Waals surface area contributed by atoms with E-state index in [4.69, 9.17) is 4.74 Å². The molecule has 1 fully saturated rings. The fourth-order valence-electron chi connectivity index (χ4n) is 3.02. The van der Waals surface area contributed by atoms with Gasteiger partial charge < -0.3 is 10.1 Å². The summed E-state index contributed by atoms with van der Waals surface area (Å²) in [7, 11) is 1.44. The fourth-order valence-corrected chi connectivity index (χ4v) is 3.02. The zero-order chi connectivity index (χ0) is 20.1. The molecule has 0 heterocycles. The van der Waals surface area contributed by atoms with Gasteiger partial charge in [-0.25, -0.2) is 4.39 Å². The quantitative estimate of drug-likeness (QED) is 0.523. The van der Waals surface area contributed by atoms with Crippen molar-refractivity contribution in [3.63, 3.8) is 0 Å². The van der Waals surface area contributed by atoms with Crippen LogP contribution in [0.25, 0.3) is 0 Å². The Bertz CT molecular complexity index is 853. The van der Waals surface area contributed by atoms with Crippen LogP contribution in [0.5, 0.6) is 5.75 Å². The minimum absolute atomic E-state index is 0.119. The maximum atomic E-state index is 13.1. The van der Waals surface area contributed by atoms with Gasteiger partial charge in [0.2, 0.25) is 5.91 Å².